The number of aromatic nitrogens is 2. The highest BCUT2D eigenvalue weighted by atomic mass is 16.5. The molecule has 0 radical (unpaired) electrons. The molecule has 0 N–H and O–H groups in total. The highest BCUT2D eigenvalue weighted by molar-refractivity contribution is 6.05. The number of carbonyl (C=O) groups excluding carboxylic acids is 1. The van der Waals surface area contributed by atoms with Crippen molar-refractivity contribution in [3.63, 3.8) is 0 Å². The lowest BCUT2D eigenvalue weighted by Gasteiger charge is -2.34. The van der Waals surface area contributed by atoms with E-state index in [2.05, 4.69) is 10.2 Å². The molecule has 1 amide bonds. The predicted molar refractivity (Wildman–Crippen MR) is 88.7 cm³/mol. The van der Waals surface area contributed by atoms with E-state index in [0.29, 0.717) is 11.6 Å². The SMILES string of the molecule is COc1ccc(C(=O)N(c2ccccc2)C2CCCCC2)nn1. The van der Waals surface area contributed by atoms with Crippen molar-refractivity contribution in [1.29, 1.82) is 0 Å². The molecule has 1 aliphatic carbocycles. The van der Waals surface area contributed by atoms with Crippen molar-refractivity contribution < 1.29 is 9.53 Å². The van der Waals surface area contributed by atoms with Crippen LogP contribution >= 0.6 is 0 Å². The minimum absolute atomic E-state index is 0.0988. The minimum Gasteiger partial charge on any atom is -0.480 e. The topological polar surface area (TPSA) is 55.3 Å². The summed E-state index contributed by atoms with van der Waals surface area (Å²) in [5.41, 5.74) is 1.27. The maximum absolute atomic E-state index is 13.0. The largest absolute Gasteiger partial charge is 0.480 e. The van der Waals surface area contributed by atoms with Gasteiger partial charge in [0, 0.05) is 17.8 Å². The lowest BCUT2D eigenvalue weighted by Crippen LogP contribution is -2.42. The van der Waals surface area contributed by atoms with Crippen molar-refractivity contribution in [3.05, 3.63) is 48.2 Å². The molecule has 1 heterocycles. The first-order chi connectivity index (χ1) is 11.3. The molecule has 1 aromatic heterocycles. The molecule has 0 atom stereocenters. The fourth-order valence-electron chi connectivity index (χ4n) is 3.09. The van der Waals surface area contributed by atoms with Crippen LogP contribution in [0.3, 0.4) is 0 Å². The molecule has 1 aromatic carbocycles. The highest BCUT2D eigenvalue weighted by Gasteiger charge is 2.28. The molecule has 2 aromatic rings. The van der Waals surface area contributed by atoms with Gasteiger partial charge in [-0.05, 0) is 31.0 Å². The standard InChI is InChI=1S/C18H21N3O2/c1-23-17-13-12-16(19-20-17)18(22)21(14-8-4-2-5-9-14)15-10-6-3-7-11-15/h2,4-5,8-9,12-13,15H,3,6-7,10-11H2,1H3. The van der Waals surface area contributed by atoms with Gasteiger partial charge in [-0.25, -0.2) is 0 Å². The number of benzene rings is 1. The average molecular weight is 311 g/mol. The molecular formula is C18H21N3O2. The Balaban J connectivity index is 1.91. The minimum atomic E-state index is -0.0988. The Kier molecular flexibility index (Phi) is 4.86. The maximum Gasteiger partial charge on any atom is 0.279 e. The number of carbonyl (C=O) groups is 1. The summed E-state index contributed by atoms with van der Waals surface area (Å²) in [5, 5.41) is 7.94. The third kappa shape index (κ3) is 3.50. The average Bonchev–Trinajstić information content (AvgIpc) is 2.64. The second-order valence-corrected chi connectivity index (χ2v) is 5.76. The van der Waals surface area contributed by atoms with E-state index in [1.165, 1.54) is 13.5 Å². The van der Waals surface area contributed by atoms with Crippen LogP contribution in [0.4, 0.5) is 5.69 Å². The molecule has 0 spiro atoms. The third-order valence-electron chi connectivity index (χ3n) is 4.26. The summed E-state index contributed by atoms with van der Waals surface area (Å²) in [6.45, 7) is 0. The molecule has 0 aliphatic heterocycles. The Morgan fingerprint density at radius 3 is 2.39 bits per heavy atom. The molecule has 23 heavy (non-hydrogen) atoms. The molecular weight excluding hydrogens is 290 g/mol. The number of rotatable bonds is 4. The summed E-state index contributed by atoms with van der Waals surface area (Å²) in [6, 6.07) is 13.4. The Morgan fingerprint density at radius 1 is 1.04 bits per heavy atom. The lowest BCUT2D eigenvalue weighted by molar-refractivity contribution is 0.0964. The van der Waals surface area contributed by atoms with Crippen LogP contribution in [0.5, 0.6) is 5.88 Å². The van der Waals surface area contributed by atoms with Crippen LogP contribution in [0, 0.1) is 0 Å². The van der Waals surface area contributed by atoms with Gasteiger partial charge < -0.3 is 9.64 Å². The van der Waals surface area contributed by atoms with E-state index in [1.54, 1.807) is 12.1 Å². The number of hydrogen-bond acceptors (Lipinski definition) is 4. The van der Waals surface area contributed by atoms with Crippen molar-refractivity contribution in [2.24, 2.45) is 0 Å². The van der Waals surface area contributed by atoms with E-state index in [-0.39, 0.29) is 11.9 Å². The Morgan fingerprint density at radius 2 is 1.78 bits per heavy atom. The van der Waals surface area contributed by atoms with Crippen molar-refractivity contribution in [3.8, 4) is 5.88 Å². The van der Waals surface area contributed by atoms with Gasteiger partial charge in [0.1, 0.15) is 0 Å². The summed E-state index contributed by atoms with van der Waals surface area (Å²) in [6.07, 6.45) is 5.63. The first-order valence-corrected chi connectivity index (χ1v) is 8.06. The predicted octanol–water partition coefficient (Wildman–Crippen LogP) is 3.46. The fourth-order valence-corrected chi connectivity index (χ4v) is 3.09. The monoisotopic (exact) mass is 311 g/mol. The second-order valence-electron chi connectivity index (χ2n) is 5.76. The number of ether oxygens (including phenoxy) is 1. The van der Waals surface area contributed by atoms with Gasteiger partial charge in [-0.2, -0.15) is 0 Å². The van der Waals surface area contributed by atoms with Crippen LogP contribution in [0.15, 0.2) is 42.5 Å². The number of hydrogen-bond donors (Lipinski definition) is 0. The smallest absolute Gasteiger partial charge is 0.279 e. The van der Waals surface area contributed by atoms with Gasteiger partial charge in [-0.3, -0.25) is 4.79 Å². The Hall–Kier alpha value is -2.43. The van der Waals surface area contributed by atoms with Crippen LogP contribution in [0.1, 0.15) is 42.6 Å². The molecule has 0 bridgehead atoms. The van der Waals surface area contributed by atoms with E-state index in [9.17, 15) is 4.79 Å². The number of anilines is 1. The summed E-state index contributed by atoms with van der Waals surface area (Å²) >= 11 is 0. The molecule has 1 saturated carbocycles. The van der Waals surface area contributed by atoms with Crippen LogP contribution in [-0.2, 0) is 0 Å². The van der Waals surface area contributed by atoms with Crippen molar-refractivity contribution in [2.45, 2.75) is 38.1 Å². The van der Waals surface area contributed by atoms with Crippen LogP contribution in [0.2, 0.25) is 0 Å². The molecule has 1 aliphatic rings. The van der Waals surface area contributed by atoms with Gasteiger partial charge in [0.25, 0.3) is 5.91 Å². The van der Waals surface area contributed by atoms with E-state index < -0.39 is 0 Å². The Labute approximate surface area is 136 Å². The lowest BCUT2D eigenvalue weighted by atomic mass is 9.93. The van der Waals surface area contributed by atoms with Gasteiger partial charge in [-0.1, -0.05) is 37.5 Å². The van der Waals surface area contributed by atoms with Gasteiger partial charge in [-0.15, -0.1) is 10.2 Å². The molecule has 0 unspecified atom stereocenters. The van der Waals surface area contributed by atoms with Gasteiger partial charge in [0.05, 0.1) is 7.11 Å². The van der Waals surface area contributed by atoms with Crippen molar-refractivity contribution in [1.82, 2.24) is 10.2 Å². The quantitative estimate of drug-likeness (QED) is 0.867. The fraction of sp³-hybridized carbons (Fsp3) is 0.389. The van der Waals surface area contributed by atoms with Gasteiger partial charge >= 0.3 is 0 Å². The van der Waals surface area contributed by atoms with Crippen molar-refractivity contribution in [2.75, 3.05) is 12.0 Å². The van der Waals surface area contributed by atoms with E-state index in [1.807, 2.05) is 35.2 Å². The van der Waals surface area contributed by atoms with Crippen LogP contribution in [0.25, 0.3) is 0 Å². The first kappa shape index (κ1) is 15.5. The second kappa shape index (κ2) is 7.22. The van der Waals surface area contributed by atoms with E-state index >= 15 is 0 Å². The van der Waals surface area contributed by atoms with Crippen LogP contribution in [-0.4, -0.2) is 29.3 Å². The zero-order chi connectivity index (χ0) is 16.1. The summed E-state index contributed by atoms with van der Waals surface area (Å²) in [5.74, 6) is 0.309. The number of para-hydroxylation sites is 1. The van der Waals surface area contributed by atoms with Gasteiger partial charge in [0.2, 0.25) is 5.88 Å². The first-order valence-electron chi connectivity index (χ1n) is 8.06. The number of amides is 1. The zero-order valence-corrected chi connectivity index (χ0v) is 13.3. The molecule has 5 heteroatoms. The number of methoxy groups -OCH3 is 1. The molecule has 0 saturated heterocycles. The summed E-state index contributed by atoms with van der Waals surface area (Å²) in [7, 11) is 1.53. The van der Waals surface area contributed by atoms with E-state index in [0.717, 1.165) is 31.4 Å². The molecule has 3 rings (SSSR count). The summed E-state index contributed by atoms with van der Waals surface area (Å²) < 4.78 is 5.01. The van der Waals surface area contributed by atoms with Gasteiger partial charge in [0.15, 0.2) is 5.69 Å². The highest BCUT2D eigenvalue weighted by Crippen LogP contribution is 2.28. The molecule has 1 fully saturated rings. The normalized spacial score (nSPS) is 15.2. The Bertz CT molecular complexity index is 637. The zero-order valence-electron chi connectivity index (χ0n) is 13.3. The van der Waals surface area contributed by atoms with E-state index in [4.69, 9.17) is 4.74 Å². The summed E-state index contributed by atoms with van der Waals surface area (Å²) in [4.78, 5) is 14.9. The maximum atomic E-state index is 13.0. The van der Waals surface area contributed by atoms with Crippen molar-refractivity contribution >= 4 is 11.6 Å². The molecule has 120 valence electrons. The third-order valence-corrected chi connectivity index (χ3v) is 4.26. The number of nitrogens with zero attached hydrogens (tertiary/aromatic N) is 3. The molecule has 5 nitrogen and oxygen atoms in total. The van der Waals surface area contributed by atoms with Crippen LogP contribution < -0.4 is 9.64 Å².